The first-order valence-corrected chi connectivity index (χ1v) is 13.2. The van der Waals surface area contributed by atoms with Crippen molar-refractivity contribution in [3.05, 3.63) is 29.8 Å². The lowest BCUT2D eigenvalue weighted by Crippen LogP contribution is -2.58. The van der Waals surface area contributed by atoms with E-state index in [9.17, 15) is 34.2 Å². The molecule has 1 aromatic rings. The Morgan fingerprint density at radius 3 is 1.97 bits per heavy atom. The molecule has 0 aliphatic rings. The van der Waals surface area contributed by atoms with Crippen LogP contribution in [0.1, 0.15) is 38.7 Å². The normalized spacial score (nSPS) is 14.2. The molecule has 0 spiro atoms. The summed E-state index contributed by atoms with van der Waals surface area (Å²) in [6.07, 6.45) is 1.85. The van der Waals surface area contributed by atoms with Crippen LogP contribution < -0.4 is 27.4 Å². The van der Waals surface area contributed by atoms with E-state index in [1.54, 1.807) is 26.0 Å². The summed E-state index contributed by atoms with van der Waals surface area (Å²) in [6, 6.07) is 1.74. The number of carbonyl (C=O) groups excluding carboxylic acids is 4. The van der Waals surface area contributed by atoms with Gasteiger partial charge in [0.2, 0.25) is 23.6 Å². The van der Waals surface area contributed by atoms with E-state index in [1.165, 1.54) is 23.9 Å². The molecule has 0 saturated carbocycles. The van der Waals surface area contributed by atoms with Crippen LogP contribution in [-0.4, -0.2) is 76.0 Å². The van der Waals surface area contributed by atoms with Gasteiger partial charge < -0.3 is 37.6 Å². The number of phenols is 1. The number of hydrogen-bond acceptors (Lipinski definition) is 8. The molecule has 0 aliphatic carbocycles. The number of carboxylic acid groups (broad SMARTS) is 1. The van der Waals surface area contributed by atoms with Crippen molar-refractivity contribution in [3.63, 3.8) is 0 Å². The van der Waals surface area contributed by atoms with Crippen LogP contribution in [0.4, 0.5) is 0 Å². The zero-order valence-electron chi connectivity index (χ0n) is 21.2. The quantitative estimate of drug-likeness (QED) is 0.144. The number of carboxylic acids is 1. The molecule has 1 aromatic carbocycles. The van der Waals surface area contributed by atoms with Crippen LogP contribution >= 0.6 is 11.8 Å². The smallest absolute Gasteiger partial charge is 0.326 e. The second-order valence-electron chi connectivity index (χ2n) is 8.95. The number of nitrogens with one attached hydrogen (secondary N) is 3. The summed E-state index contributed by atoms with van der Waals surface area (Å²) in [5, 5.41) is 26.3. The van der Waals surface area contributed by atoms with Crippen molar-refractivity contribution in [1.82, 2.24) is 16.0 Å². The van der Waals surface area contributed by atoms with Gasteiger partial charge >= 0.3 is 5.97 Å². The van der Waals surface area contributed by atoms with E-state index in [2.05, 4.69) is 16.0 Å². The molecule has 12 nitrogen and oxygen atoms in total. The van der Waals surface area contributed by atoms with E-state index in [4.69, 9.17) is 11.5 Å². The van der Waals surface area contributed by atoms with Crippen LogP contribution in [0.15, 0.2) is 24.3 Å². The number of thioether (sulfide) groups is 1. The standard InChI is InChI=1S/C24H37N5O7S/c1-13(2)20(24(35)36)29-23(34)17(8-9-19(26)31)28-22(33)18(10-11-37-3)27-21(32)16(25)12-14-4-6-15(30)7-5-14/h4-7,13,16-18,20,30H,8-12,25H2,1-3H3,(H2,26,31)(H,27,32)(H,28,33)(H,29,34)(H,35,36). The van der Waals surface area contributed by atoms with Gasteiger partial charge in [0.25, 0.3) is 0 Å². The summed E-state index contributed by atoms with van der Waals surface area (Å²) in [5.41, 5.74) is 11.9. The number of aliphatic carboxylic acids is 1. The van der Waals surface area contributed by atoms with Crippen LogP contribution in [0.5, 0.6) is 5.75 Å². The van der Waals surface area contributed by atoms with Crippen LogP contribution in [0.3, 0.4) is 0 Å². The van der Waals surface area contributed by atoms with E-state index >= 15 is 0 Å². The molecular formula is C24H37N5O7S. The third kappa shape index (κ3) is 11.5. The highest BCUT2D eigenvalue weighted by molar-refractivity contribution is 7.98. The molecule has 9 N–H and O–H groups in total. The van der Waals surface area contributed by atoms with E-state index in [0.717, 1.165) is 0 Å². The molecule has 4 amide bonds. The number of hydrogen-bond donors (Lipinski definition) is 7. The molecule has 0 aliphatic heterocycles. The molecule has 0 fully saturated rings. The van der Waals surface area contributed by atoms with Crippen molar-refractivity contribution < 1.29 is 34.2 Å². The molecular weight excluding hydrogens is 502 g/mol. The van der Waals surface area contributed by atoms with Gasteiger partial charge in [-0.05, 0) is 54.9 Å². The Kier molecular flexibility index (Phi) is 13.5. The number of carbonyl (C=O) groups is 5. The van der Waals surface area contributed by atoms with Gasteiger partial charge in [0, 0.05) is 6.42 Å². The van der Waals surface area contributed by atoms with Crippen molar-refractivity contribution in [2.24, 2.45) is 17.4 Å². The van der Waals surface area contributed by atoms with Crippen molar-refractivity contribution in [1.29, 1.82) is 0 Å². The number of amides is 4. The minimum absolute atomic E-state index is 0.0774. The Bertz CT molecular complexity index is 942. The summed E-state index contributed by atoms with van der Waals surface area (Å²) >= 11 is 1.45. The Balaban J connectivity index is 2.97. The molecule has 0 heterocycles. The number of aromatic hydroxyl groups is 1. The molecule has 0 aromatic heterocycles. The van der Waals surface area contributed by atoms with Crippen molar-refractivity contribution >= 4 is 41.4 Å². The summed E-state index contributed by atoms with van der Waals surface area (Å²) in [6.45, 7) is 3.23. The summed E-state index contributed by atoms with van der Waals surface area (Å²) in [7, 11) is 0. The van der Waals surface area contributed by atoms with Crippen molar-refractivity contribution in [2.75, 3.05) is 12.0 Å². The predicted molar refractivity (Wildman–Crippen MR) is 139 cm³/mol. The SMILES string of the molecule is CSCCC(NC(=O)C(N)Cc1ccc(O)cc1)C(=O)NC(CCC(N)=O)C(=O)NC(C(=O)O)C(C)C. The first kappa shape index (κ1) is 31.7. The Morgan fingerprint density at radius 1 is 0.919 bits per heavy atom. The van der Waals surface area contributed by atoms with E-state index in [1.807, 2.05) is 6.26 Å². The molecule has 13 heteroatoms. The Labute approximate surface area is 220 Å². The molecule has 0 saturated heterocycles. The Hall–Kier alpha value is -3.32. The molecule has 4 atom stereocenters. The highest BCUT2D eigenvalue weighted by Gasteiger charge is 2.31. The number of primary amides is 1. The minimum Gasteiger partial charge on any atom is -0.508 e. The molecule has 0 radical (unpaired) electrons. The number of rotatable bonds is 16. The molecule has 37 heavy (non-hydrogen) atoms. The molecule has 206 valence electrons. The summed E-state index contributed by atoms with van der Waals surface area (Å²) in [4.78, 5) is 61.5. The number of nitrogens with two attached hydrogens (primary N) is 2. The predicted octanol–water partition coefficient (Wildman–Crippen LogP) is -0.524. The van der Waals surface area contributed by atoms with Gasteiger partial charge in [0.05, 0.1) is 6.04 Å². The topological polar surface area (TPSA) is 214 Å². The van der Waals surface area contributed by atoms with Gasteiger partial charge in [-0.2, -0.15) is 11.8 Å². The number of benzene rings is 1. The van der Waals surface area contributed by atoms with Crippen LogP contribution in [0, 0.1) is 5.92 Å². The van der Waals surface area contributed by atoms with Gasteiger partial charge in [-0.3, -0.25) is 19.2 Å². The first-order valence-electron chi connectivity index (χ1n) is 11.8. The fraction of sp³-hybridized carbons (Fsp3) is 0.542. The fourth-order valence-electron chi connectivity index (χ4n) is 3.36. The maximum atomic E-state index is 13.1. The second-order valence-corrected chi connectivity index (χ2v) is 9.94. The summed E-state index contributed by atoms with van der Waals surface area (Å²) < 4.78 is 0. The molecule has 1 rings (SSSR count). The van der Waals surface area contributed by atoms with Gasteiger partial charge in [-0.15, -0.1) is 0 Å². The first-order chi connectivity index (χ1) is 17.3. The van der Waals surface area contributed by atoms with E-state index in [-0.39, 0.29) is 31.4 Å². The average Bonchev–Trinajstić information content (AvgIpc) is 2.82. The van der Waals surface area contributed by atoms with Gasteiger partial charge in [0.15, 0.2) is 0 Å². The minimum atomic E-state index is -1.25. The zero-order chi connectivity index (χ0) is 28.1. The monoisotopic (exact) mass is 539 g/mol. The lowest BCUT2D eigenvalue weighted by atomic mass is 10.0. The highest BCUT2D eigenvalue weighted by atomic mass is 32.2. The lowest BCUT2D eigenvalue weighted by molar-refractivity contribution is -0.143. The summed E-state index contributed by atoms with van der Waals surface area (Å²) in [5.74, 6) is -3.83. The third-order valence-electron chi connectivity index (χ3n) is 5.52. The van der Waals surface area contributed by atoms with Crippen LogP contribution in [0.25, 0.3) is 0 Å². The van der Waals surface area contributed by atoms with Gasteiger partial charge in [0.1, 0.15) is 23.9 Å². The van der Waals surface area contributed by atoms with Crippen LogP contribution in [-0.2, 0) is 30.4 Å². The largest absolute Gasteiger partial charge is 0.508 e. The van der Waals surface area contributed by atoms with Crippen LogP contribution in [0.2, 0.25) is 0 Å². The third-order valence-corrected chi connectivity index (χ3v) is 6.16. The van der Waals surface area contributed by atoms with E-state index < -0.39 is 59.7 Å². The molecule has 4 unspecified atom stereocenters. The van der Waals surface area contributed by atoms with Crippen molar-refractivity contribution in [2.45, 2.75) is 63.7 Å². The van der Waals surface area contributed by atoms with Gasteiger partial charge in [-0.25, -0.2) is 4.79 Å². The van der Waals surface area contributed by atoms with Crippen molar-refractivity contribution in [3.8, 4) is 5.75 Å². The highest BCUT2D eigenvalue weighted by Crippen LogP contribution is 2.12. The maximum absolute atomic E-state index is 13.1. The maximum Gasteiger partial charge on any atom is 0.326 e. The average molecular weight is 540 g/mol. The number of phenolic OH excluding ortho intramolecular Hbond substituents is 1. The lowest BCUT2D eigenvalue weighted by Gasteiger charge is -2.26. The Morgan fingerprint density at radius 2 is 1.46 bits per heavy atom. The second kappa shape index (κ2) is 15.7. The van der Waals surface area contributed by atoms with Gasteiger partial charge in [-0.1, -0.05) is 26.0 Å². The fourth-order valence-corrected chi connectivity index (χ4v) is 3.83. The van der Waals surface area contributed by atoms with E-state index in [0.29, 0.717) is 11.3 Å². The zero-order valence-corrected chi connectivity index (χ0v) is 22.0. The molecule has 0 bridgehead atoms.